The van der Waals surface area contributed by atoms with Gasteiger partial charge >= 0.3 is 5.97 Å². The van der Waals surface area contributed by atoms with Gasteiger partial charge < -0.3 is 10.1 Å². The molecule has 0 bridgehead atoms. The van der Waals surface area contributed by atoms with Crippen LogP contribution in [0.3, 0.4) is 0 Å². The van der Waals surface area contributed by atoms with Crippen LogP contribution in [0, 0.1) is 5.82 Å². The van der Waals surface area contributed by atoms with Crippen LogP contribution in [0.15, 0.2) is 24.3 Å². The lowest BCUT2D eigenvalue weighted by atomic mass is 10.2. The second-order valence-electron chi connectivity index (χ2n) is 4.23. The number of halogens is 1. The molecule has 0 saturated carbocycles. The molecule has 1 aromatic heterocycles. The minimum absolute atomic E-state index is 0.340. The first-order chi connectivity index (χ1) is 9.51. The summed E-state index contributed by atoms with van der Waals surface area (Å²) in [4.78, 5) is 23.8. The number of thiophene rings is 1. The molecule has 20 heavy (non-hydrogen) atoms. The van der Waals surface area contributed by atoms with Gasteiger partial charge in [0.1, 0.15) is 10.7 Å². The Labute approximate surface area is 119 Å². The molecule has 0 fully saturated rings. The zero-order valence-electron chi connectivity index (χ0n) is 11.1. The third-order valence-corrected chi connectivity index (χ3v) is 3.78. The van der Waals surface area contributed by atoms with Crippen LogP contribution in [-0.2, 0) is 9.53 Å². The van der Waals surface area contributed by atoms with E-state index in [1.54, 1.807) is 19.1 Å². The highest BCUT2D eigenvalue weighted by atomic mass is 32.1. The zero-order chi connectivity index (χ0) is 14.7. The Bertz CT molecular complexity index is 653. The van der Waals surface area contributed by atoms with Gasteiger partial charge in [-0.25, -0.2) is 9.18 Å². The monoisotopic (exact) mass is 295 g/mol. The van der Waals surface area contributed by atoms with Gasteiger partial charge in [-0.1, -0.05) is 0 Å². The fraction of sp³-hybridized carbons (Fsp3) is 0.286. The molecular formula is C14H14FNO3S. The lowest BCUT2D eigenvalue weighted by Crippen LogP contribution is -2.35. The highest BCUT2D eigenvalue weighted by molar-refractivity contribution is 7.20. The van der Waals surface area contributed by atoms with Crippen molar-refractivity contribution in [1.29, 1.82) is 0 Å². The van der Waals surface area contributed by atoms with Crippen LogP contribution in [0.1, 0.15) is 23.5 Å². The number of fused-ring (bicyclic) bond motifs is 1. The maximum atomic E-state index is 13.1. The number of hydrogen-bond donors (Lipinski definition) is 1. The molecule has 0 aliphatic carbocycles. The molecule has 0 aliphatic heterocycles. The van der Waals surface area contributed by atoms with Crippen molar-refractivity contribution in [2.24, 2.45) is 0 Å². The van der Waals surface area contributed by atoms with E-state index in [1.165, 1.54) is 30.4 Å². The second-order valence-corrected chi connectivity index (χ2v) is 5.32. The van der Waals surface area contributed by atoms with E-state index in [1.807, 2.05) is 0 Å². The summed E-state index contributed by atoms with van der Waals surface area (Å²) in [5.41, 5.74) is 0. The van der Waals surface area contributed by atoms with E-state index >= 15 is 0 Å². The van der Waals surface area contributed by atoms with Crippen LogP contribution < -0.4 is 5.32 Å². The van der Waals surface area contributed by atoms with E-state index in [0.717, 1.165) is 4.70 Å². The first kappa shape index (κ1) is 14.5. The van der Waals surface area contributed by atoms with Gasteiger partial charge in [0.2, 0.25) is 0 Å². The van der Waals surface area contributed by atoms with Gasteiger partial charge in [-0.3, -0.25) is 4.79 Å². The van der Waals surface area contributed by atoms with Crippen LogP contribution in [0.2, 0.25) is 0 Å². The molecule has 1 amide bonds. The summed E-state index contributed by atoms with van der Waals surface area (Å²) in [5.74, 6) is -1.27. The molecule has 1 N–H and O–H groups in total. The van der Waals surface area contributed by atoms with Gasteiger partial charge in [0.05, 0.1) is 0 Å². The predicted molar refractivity (Wildman–Crippen MR) is 75.3 cm³/mol. The predicted octanol–water partition coefficient (Wildman–Crippen LogP) is 2.72. The molecule has 1 heterocycles. The molecule has 4 nitrogen and oxygen atoms in total. The average Bonchev–Trinajstić information content (AvgIpc) is 2.81. The van der Waals surface area contributed by atoms with Crippen LogP contribution in [0.4, 0.5) is 4.39 Å². The third-order valence-electron chi connectivity index (χ3n) is 2.68. The SMILES string of the molecule is CCNC(=O)[C@H](C)OC(=O)c1cc2cc(F)ccc2s1. The Morgan fingerprint density at radius 2 is 2.15 bits per heavy atom. The number of hydrogen-bond acceptors (Lipinski definition) is 4. The Morgan fingerprint density at radius 3 is 2.85 bits per heavy atom. The Hall–Kier alpha value is -1.95. The number of amides is 1. The van der Waals surface area contributed by atoms with Gasteiger partial charge in [0.25, 0.3) is 5.91 Å². The highest BCUT2D eigenvalue weighted by Crippen LogP contribution is 2.27. The largest absolute Gasteiger partial charge is 0.448 e. The summed E-state index contributed by atoms with van der Waals surface area (Å²) < 4.78 is 19.0. The topological polar surface area (TPSA) is 55.4 Å². The number of rotatable bonds is 4. The minimum Gasteiger partial charge on any atom is -0.448 e. The maximum Gasteiger partial charge on any atom is 0.349 e. The molecule has 0 spiro atoms. The summed E-state index contributed by atoms with van der Waals surface area (Å²) in [6, 6.07) is 5.87. The van der Waals surface area contributed by atoms with Crippen LogP contribution in [-0.4, -0.2) is 24.5 Å². The third kappa shape index (κ3) is 3.14. The van der Waals surface area contributed by atoms with Crippen molar-refractivity contribution < 1.29 is 18.7 Å². The van der Waals surface area contributed by atoms with E-state index < -0.39 is 12.1 Å². The van der Waals surface area contributed by atoms with E-state index in [9.17, 15) is 14.0 Å². The molecule has 1 aromatic carbocycles. The fourth-order valence-corrected chi connectivity index (χ4v) is 2.63. The molecule has 6 heteroatoms. The van der Waals surface area contributed by atoms with E-state index in [4.69, 9.17) is 4.74 Å². The average molecular weight is 295 g/mol. The maximum absolute atomic E-state index is 13.1. The number of esters is 1. The van der Waals surface area contributed by atoms with Gasteiger partial charge in [-0.15, -0.1) is 11.3 Å². The lowest BCUT2D eigenvalue weighted by molar-refractivity contribution is -0.128. The van der Waals surface area contributed by atoms with Crippen molar-refractivity contribution in [3.05, 3.63) is 35.0 Å². The standard InChI is InChI=1S/C14H14FNO3S/c1-3-16-13(17)8(2)19-14(18)12-7-9-6-10(15)4-5-11(9)20-12/h4-8H,3H2,1-2H3,(H,16,17)/t8-/m0/s1. The lowest BCUT2D eigenvalue weighted by Gasteiger charge is -2.11. The van der Waals surface area contributed by atoms with Crippen molar-refractivity contribution in [3.63, 3.8) is 0 Å². The molecule has 1 atom stereocenters. The second kappa shape index (κ2) is 6.00. The smallest absolute Gasteiger partial charge is 0.349 e. The summed E-state index contributed by atoms with van der Waals surface area (Å²) in [6.45, 7) is 3.77. The number of ether oxygens (including phenoxy) is 1. The van der Waals surface area contributed by atoms with E-state index in [-0.39, 0.29) is 11.7 Å². The fourth-order valence-electron chi connectivity index (χ4n) is 1.70. The molecule has 0 saturated heterocycles. The molecule has 0 aliphatic rings. The van der Waals surface area contributed by atoms with Crippen molar-refractivity contribution >= 4 is 33.3 Å². The molecule has 0 radical (unpaired) electrons. The van der Waals surface area contributed by atoms with Crippen LogP contribution >= 0.6 is 11.3 Å². The first-order valence-electron chi connectivity index (χ1n) is 6.19. The minimum atomic E-state index is -0.857. The van der Waals surface area contributed by atoms with Gasteiger partial charge in [-0.05, 0) is 43.5 Å². The Morgan fingerprint density at radius 1 is 1.40 bits per heavy atom. The summed E-state index contributed by atoms with van der Waals surface area (Å²) in [5, 5.41) is 3.22. The highest BCUT2D eigenvalue weighted by Gasteiger charge is 2.19. The molecular weight excluding hydrogens is 281 g/mol. The summed E-state index contributed by atoms with van der Waals surface area (Å²) in [6.07, 6.45) is -0.857. The summed E-state index contributed by atoms with van der Waals surface area (Å²) >= 11 is 1.21. The molecule has 2 aromatic rings. The van der Waals surface area contributed by atoms with E-state index in [0.29, 0.717) is 16.8 Å². The Balaban J connectivity index is 2.13. The van der Waals surface area contributed by atoms with Crippen molar-refractivity contribution in [2.45, 2.75) is 20.0 Å². The van der Waals surface area contributed by atoms with Crippen LogP contribution in [0.5, 0.6) is 0 Å². The quantitative estimate of drug-likeness (QED) is 0.882. The van der Waals surface area contributed by atoms with Gasteiger partial charge in [0, 0.05) is 11.2 Å². The number of likely N-dealkylation sites (N-methyl/N-ethyl adjacent to an activating group) is 1. The molecule has 0 unspecified atom stereocenters. The van der Waals surface area contributed by atoms with Crippen molar-refractivity contribution in [3.8, 4) is 0 Å². The van der Waals surface area contributed by atoms with Crippen molar-refractivity contribution in [2.75, 3.05) is 6.54 Å². The zero-order valence-corrected chi connectivity index (χ0v) is 11.9. The number of nitrogens with one attached hydrogen (secondary N) is 1. The van der Waals surface area contributed by atoms with Gasteiger partial charge in [0.15, 0.2) is 6.10 Å². The molecule has 106 valence electrons. The Kier molecular flexibility index (Phi) is 4.34. The number of carbonyl (C=O) groups excluding carboxylic acids is 2. The number of carbonyl (C=O) groups is 2. The first-order valence-corrected chi connectivity index (χ1v) is 7.00. The van der Waals surface area contributed by atoms with Gasteiger partial charge in [-0.2, -0.15) is 0 Å². The van der Waals surface area contributed by atoms with Crippen LogP contribution in [0.25, 0.3) is 10.1 Å². The van der Waals surface area contributed by atoms with E-state index in [2.05, 4.69) is 5.32 Å². The van der Waals surface area contributed by atoms with Crippen molar-refractivity contribution in [1.82, 2.24) is 5.32 Å². The summed E-state index contributed by atoms with van der Waals surface area (Å²) in [7, 11) is 0. The molecule has 2 rings (SSSR count). The normalized spacial score (nSPS) is 12.2. The number of benzene rings is 1.